The summed E-state index contributed by atoms with van der Waals surface area (Å²) in [5.41, 5.74) is 0. The van der Waals surface area contributed by atoms with Crippen molar-refractivity contribution >= 4 is 5.91 Å². The van der Waals surface area contributed by atoms with Gasteiger partial charge in [-0.15, -0.1) is 0 Å². The van der Waals surface area contributed by atoms with Crippen molar-refractivity contribution in [2.75, 3.05) is 6.54 Å². The van der Waals surface area contributed by atoms with Gasteiger partial charge in [0.15, 0.2) is 0 Å². The maximum Gasteiger partial charge on any atom is 0.239 e. The molecule has 2 fully saturated rings. The normalized spacial score (nSPS) is 30.7. The zero-order chi connectivity index (χ0) is 14.0. The summed E-state index contributed by atoms with van der Waals surface area (Å²) in [5.74, 6) is 1.61. The van der Waals surface area contributed by atoms with Crippen LogP contribution < -0.4 is 5.32 Å². The average molecular weight is 266 g/mol. The van der Waals surface area contributed by atoms with Crippen LogP contribution in [0.15, 0.2) is 0 Å². The van der Waals surface area contributed by atoms with E-state index in [0.29, 0.717) is 23.9 Å². The molecule has 3 unspecified atom stereocenters. The van der Waals surface area contributed by atoms with E-state index in [4.69, 9.17) is 0 Å². The molecule has 0 radical (unpaired) electrons. The summed E-state index contributed by atoms with van der Waals surface area (Å²) in [7, 11) is 0. The smallest absolute Gasteiger partial charge is 0.239 e. The average Bonchev–Trinajstić information content (AvgIpc) is 2.78. The number of hydrogen-bond acceptors (Lipinski definition) is 2. The van der Waals surface area contributed by atoms with Crippen LogP contribution in [0.3, 0.4) is 0 Å². The molecule has 1 heterocycles. The molecule has 0 bridgehead atoms. The third-order valence-corrected chi connectivity index (χ3v) is 4.63. The minimum atomic E-state index is 0.0780. The first-order valence-corrected chi connectivity index (χ1v) is 8.05. The highest BCUT2D eigenvalue weighted by Crippen LogP contribution is 2.33. The van der Waals surface area contributed by atoms with Crippen molar-refractivity contribution in [3.05, 3.63) is 0 Å². The van der Waals surface area contributed by atoms with Gasteiger partial charge >= 0.3 is 0 Å². The van der Waals surface area contributed by atoms with E-state index in [9.17, 15) is 4.79 Å². The van der Waals surface area contributed by atoms with Crippen LogP contribution in [0.25, 0.3) is 0 Å². The van der Waals surface area contributed by atoms with Gasteiger partial charge in [0.05, 0.1) is 6.04 Å². The van der Waals surface area contributed by atoms with Gasteiger partial charge in [-0.2, -0.15) is 0 Å². The van der Waals surface area contributed by atoms with Gasteiger partial charge in [-0.05, 0) is 44.9 Å². The van der Waals surface area contributed by atoms with Gasteiger partial charge in [0, 0.05) is 18.6 Å². The Balaban J connectivity index is 1.98. The van der Waals surface area contributed by atoms with E-state index in [1.165, 1.54) is 25.7 Å². The molecule has 0 aromatic rings. The van der Waals surface area contributed by atoms with E-state index in [1.54, 1.807) is 0 Å². The van der Waals surface area contributed by atoms with Crippen molar-refractivity contribution in [3.8, 4) is 0 Å². The fraction of sp³-hybridized carbons (Fsp3) is 0.938. The topological polar surface area (TPSA) is 32.3 Å². The van der Waals surface area contributed by atoms with Gasteiger partial charge in [-0.3, -0.25) is 4.79 Å². The highest BCUT2D eigenvalue weighted by Gasteiger charge is 2.40. The number of carbonyl (C=O) groups is 1. The Morgan fingerprint density at radius 3 is 2.47 bits per heavy atom. The van der Waals surface area contributed by atoms with Gasteiger partial charge in [0.2, 0.25) is 5.91 Å². The molecule has 0 aromatic carbocycles. The molecule has 1 saturated heterocycles. The highest BCUT2D eigenvalue weighted by atomic mass is 16.2. The molecule has 3 nitrogen and oxygen atoms in total. The number of rotatable bonds is 4. The Hall–Kier alpha value is -0.570. The number of fused-ring (bicyclic) bond motifs is 1. The molecule has 2 aliphatic rings. The zero-order valence-electron chi connectivity index (χ0n) is 13.0. The second kappa shape index (κ2) is 6.25. The lowest BCUT2D eigenvalue weighted by Crippen LogP contribution is -2.49. The van der Waals surface area contributed by atoms with Crippen LogP contribution in [-0.2, 0) is 4.79 Å². The van der Waals surface area contributed by atoms with Gasteiger partial charge in [-0.1, -0.05) is 26.7 Å². The van der Waals surface area contributed by atoms with Gasteiger partial charge in [0.1, 0.15) is 0 Å². The van der Waals surface area contributed by atoms with Crippen molar-refractivity contribution < 1.29 is 4.79 Å². The van der Waals surface area contributed by atoms with E-state index in [-0.39, 0.29) is 6.04 Å². The lowest BCUT2D eigenvalue weighted by atomic mass is 9.85. The molecule has 2 rings (SSSR count). The second-order valence-electron chi connectivity index (χ2n) is 7.08. The fourth-order valence-electron chi connectivity index (χ4n) is 3.66. The molecule has 1 amide bonds. The quantitative estimate of drug-likeness (QED) is 0.848. The Labute approximate surface area is 118 Å². The number of nitrogens with one attached hydrogen (secondary N) is 1. The van der Waals surface area contributed by atoms with Crippen LogP contribution in [0.5, 0.6) is 0 Å². The Morgan fingerprint density at radius 2 is 1.89 bits per heavy atom. The Morgan fingerprint density at radius 1 is 1.21 bits per heavy atom. The van der Waals surface area contributed by atoms with Crippen molar-refractivity contribution in [1.29, 1.82) is 0 Å². The molecule has 1 saturated carbocycles. The molecule has 3 atom stereocenters. The zero-order valence-corrected chi connectivity index (χ0v) is 13.0. The first-order chi connectivity index (χ1) is 8.99. The predicted molar refractivity (Wildman–Crippen MR) is 79.0 cm³/mol. The molecule has 1 aliphatic carbocycles. The number of carbonyl (C=O) groups excluding carboxylic acids is 1. The van der Waals surface area contributed by atoms with Crippen molar-refractivity contribution in [1.82, 2.24) is 10.2 Å². The molecule has 19 heavy (non-hydrogen) atoms. The van der Waals surface area contributed by atoms with E-state index >= 15 is 0 Å². The van der Waals surface area contributed by atoms with E-state index in [2.05, 4.69) is 37.9 Å². The van der Waals surface area contributed by atoms with Crippen molar-refractivity contribution in [2.45, 2.75) is 77.9 Å². The predicted octanol–water partition coefficient (Wildman–Crippen LogP) is 2.80. The van der Waals surface area contributed by atoms with Crippen molar-refractivity contribution in [3.63, 3.8) is 0 Å². The Bertz CT molecular complexity index is 300. The molecule has 110 valence electrons. The van der Waals surface area contributed by atoms with E-state index < -0.39 is 0 Å². The number of hydrogen-bond donors (Lipinski definition) is 1. The van der Waals surface area contributed by atoms with Crippen LogP contribution >= 0.6 is 0 Å². The summed E-state index contributed by atoms with van der Waals surface area (Å²) in [6, 6.07) is 0.990. The molecular weight excluding hydrogens is 236 g/mol. The third-order valence-electron chi connectivity index (χ3n) is 4.63. The molecule has 1 aliphatic heterocycles. The first kappa shape index (κ1) is 14.8. The summed E-state index contributed by atoms with van der Waals surface area (Å²) in [5, 5.41) is 3.61. The lowest BCUT2D eigenvalue weighted by molar-refractivity contribution is -0.135. The van der Waals surface area contributed by atoms with Gasteiger partial charge < -0.3 is 10.2 Å². The summed E-state index contributed by atoms with van der Waals surface area (Å²) < 4.78 is 0. The monoisotopic (exact) mass is 266 g/mol. The lowest BCUT2D eigenvalue weighted by Gasteiger charge is -2.31. The van der Waals surface area contributed by atoms with E-state index in [0.717, 1.165) is 18.9 Å². The minimum Gasteiger partial charge on any atom is -0.339 e. The third kappa shape index (κ3) is 3.50. The molecule has 1 N–H and O–H groups in total. The largest absolute Gasteiger partial charge is 0.339 e. The minimum absolute atomic E-state index is 0.0780. The summed E-state index contributed by atoms with van der Waals surface area (Å²) in [6.07, 6.45) is 6.32. The van der Waals surface area contributed by atoms with Crippen LogP contribution in [-0.4, -0.2) is 35.5 Å². The van der Waals surface area contributed by atoms with Crippen LogP contribution in [0, 0.1) is 11.8 Å². The molecule has 0 aromatic heterocycles. The van der Waals surface area contributed by atoms with Crippen LogP contribution in [0.1, 0.15) is 59.8 Å². The summed E-state index contributed by atoms with van der Waals surface area (Å²) >= 11 is 0. The Kier molecular flexibility index (Phi) is 4.88. The maximum absolute atomic E-state index is 12.7. The maximum atomic E-state index is 12.7. The summed E-state index contributed by atoms with van der Waals surface area (Å²) in [6.45, 7) is 9.50. The van der Waals surface area contributed by atoms with Crippen LogP contribution in [0.4, 0.5) is 0 Å². The SMILES string of the molecule is CC(C)CN(C(=O)C1CC2CCCCC2N1)C(C)C. The first-order valence-electron chi connectivity index (χ1n) is 8.05. The number of nitrogens with zero attached hydrogens (tertiary/aromatic N) is 1. The van der Waals surface area contributed by atoms with Crippen molar-refractivity contribution in [2.24, 2.45) is 11.8 Å². The van der Waals surface area contributed by atoms with Gasteiger partial charge in [-0.25, -0.2) is 0 Å². The second-order valence-corrected chi connectivity index (χ2v) is 7.08. The fourth-order valence-corrected chi connectivity index (χ4v) is 3.66. The van der Waals surface area contributed by atoms with Gasteiger partial charge in [0.25, 0.3) is 0 Å². The standard InChI is InChI=1S/C16H30N2O/c1-11(2)10-18(12(3)4)16(19)15-9-13-7-5-6-8-14(13)17-15/h11-15,17H,5-10H2,1-4H3. The highest BCUT2D eigenvalue weighted by molar-refractivity contribution is 5.82. The van der Waals surface area contributed by atoms with E-state index in [1.807, 2.05) is 0 Å². The summed E-state index contributed by atoms with van der Waals surface area (Å²) in [4.78, 5) is 14.8. The van der Waals surface area contributed by atoms with Crippen LogP contribution in [0.2, 0.25) is 0 Å². The molecule has 0 spiro atoms. The number of amides is 1. The molecule has 3 heteroatoms. The molecular formula is C16H30N2O.